The van der Waals surface area contributed by atoms with E-state index in [-0.39, 0.29) is 12.0 Å². The predicted molar refractivity (Wildman–Crippen MR) is 132 cm³/mol. The number of hydrogen-bond donors (Lipinski definition) is 1. The van der Waals surface area contributed by atoms with Crippen molar-refractivity contribution in [1.29, 1.82) is 0 Å². The van der Waals surface area contributed by atoms with Crippen LogP contribution in [0, 0.1) is 0 Å². The van der Waals surface area contributed by atoms with E-state index in [0.29, 0.717) is 30.2 Å². The summed E-state index contributed by atoms with van der Waals surface area (Å²) in [7, 11) is 3.24. The normalized spacial score (nSPS) is 18.2. The fourth-order valence-electron chi connectivity index (χ4n) is 4.43. The van der Waals surface area contributed by atoms with Crippen LogP contribution in [0.25, 0.3) is 0 Å². The lowest BCUT2D eigenvalue weighted by Crippen LogP contribution is -2.33. The highest BCUT2D eigenvalue weighted by molar-refractivity contribution is 7.99. The van der Waals surface area contributed by atoms with Gasteiger partial charge in [-0.2, -0.15) is 0 Å². The van der Waals surface area contributed by atoms with Crippen LogP contribution in [0.2, 0.25) is 0 Å². The third kappa shape index (κ3) is 6.35. The molecule has 0 spiro atoms. The number of carbonyl (C=O) groups is 1. The molecule has 4 rings (SSSR count). The van der Waals surface area contributed by atoms with Gasteiger partial charge in [-0.1, -0.05) is 17.8 Å². The Hall–Kier alpha value is -2.46. The van der Waals surface area contributed by atoms with Crippen molar-refractivity contribution in [3.8, 4) is 11.5 Å². The van der Waals surface area contributed by atoms with Crippen LogP contribution >= 0.6 is 11.8 Å². The lowest BCUT2D eigenvalue weighted by Gasteiger charge is -2.28. The molecular formula is C24H35N5O4S. The molecule has 0 bridgehead atoms. The maximum Gasteiger partial charge on any atom is 0.230 e. The molecule has 3 heterocycles. The summed E-state index contributed by atoms with van der Waals surface area (Å²) in [5.41, 5.74) is 1.08. The summed E-state index contributed by atoms with van der Waals surface area (Å²) in [6.45, 7) is 4.12. The molecule has 2 aromatic rings. The summed E-state index contributed by atoms with van der Waals surface area (Å²) in [5.74, 6) is 2.58. The Bertz CT molecular complexity index is 941. The van der Waals surface area contributed by atoms with E-state index in [1.165, 1.54) is 31.0 Å². The first-order chi connectivity index (χ1) is 16.7. The minimum absolute atomic E-state index is 0.0170. The van der Waals surface area contributed by atoms with Crippen molar-refractivity contribution in [3.63, 3.8) is 0 Å². The predicted octanol–water partition coefficient (Wildman–Crippen LogP) is 2.92. The second-order valence-corrected chi connectivity index (χ2v) is 9.60. The average molecular weight is 490 g/mol. The molecule has 2 aliphatic heterocycles. The van der Waals surface area contributed by atoms with Gasteiger partial charge >= 0.3 is 0 Å². The molecule has 9 nitrogen and oxygen atoms in total. The first-order valence-corrected chi connectivity index (χ1v) is 13.1. The topological polar surface area (TPSA) is 90.7 Å². The Balaban J connectivity index is 1.31. The van der Waals surface area contributed by atoms with Crippen LogP contribution in [0.5, 0.6) is 11.5 Å². The van der Waals surface area contributed by atoms with E-state index in [1.807, 2.05) is 18.2 Å². The highest BCUT2D eigenvalue weighted by Crippen LogP contribution is 2.28. The zero-order valence-corrected chi connectivity index (χ0v) is 20.9. The van der Waals surface area contributed by atoms with Crippen LogP contribution in [-0.4, -0.2) is 73.0 Å². The summed E-state index contributed by atoms with van der Waals surface area (Å²) in [4.78, 5) is 14.8. The lowest BCUT2D eigenvalue weighted by atomic mass is 10.1. The van der Waals surface area contributed by atoms with Crippen LogP contribution in [-0.2, 0) is 22.5 Å². The van der Waals surface area contributed by atoms with E-state index in [0.717, 1.165) is 55.8 Å². The molecule has 10 heteroatoms. The molecule has 1 N–H and O–H groups in total. The molecular weight excluding hydrogens is 454 g/mol. The summed E-state index contributed by atoms with van der Waals surface area (Å²) in [6, 6.07) is 5.81. The number of aromatic nitrogens is 3. The number of nitrogens with one attached hydrogen (secondary N) is 1. The van der Waals surface area contributed by atoms with Gasteiger partial charge in [0.15, 0.2) is 16.7 Å². The number of methoxy groups -OCH3 is 2. The van der Waals surface area contributed by atoms with E-state index >= 15 is 0 Å². The van der Waals surface area contributed by atoms with Crippen molar-refractivity contribution in [3.05, 3.63) is 23.8 Å². The summed E-state index contributed by atoms with van der Waals surface area (Å²) < 4.78 is 18.7. The standard InChI is InChI=1S/C24H35N5O4S/c1-31-20-9-8-18(15-21(20)32-2)10-11-25-22(30)17-34-24-27-26-23(28-12-4-3-5-13-28)29(24)16-19-7-6-14-33-19/h8-9,15,19H,3-7,10-14,16-17H2,1-2H3,(H,25,30). The highest BCUT2D eigenvalue weighted by Gasteiger charge is 2.25. The van der Waals surface area contributed by atoms with Gasteiger partial charge in [0.05, 0.1) is 32.6 Å². The van der Waals surface area contributed by atoms with Gasteiger partial charge in [-0.25, -0.2) is 0 Å². The number of anilines is 1. The Morgan fingerprint density at radius 3 is 2.71 bits per heavy atom. The van der Waals surface area contributed by atoms with Crippen LogP contribution in [0.15, 0.2) is 23.4 Å². The summed E-state index contributed by atoms with van der Waals surface area (Å²) in [6.07, 6.45) is 6.67. The molecule has 1 amide bonds. The first kappa shape index (κ1) is 24.7. The smallest absolute Gasteiger partial charge is 0.230 e. The highest BCUT2D eigenvalue weighted by atomic mass is 32.2. The van der Waals surface area contributed by atoms with Crippen LogP contribution in [0.4, 0.5) is 5.95 Å². The van der Waals surface area contributed by atoms with Crippen molar-refractivity contribution in [1.82, 2.24) is 20.1 Å². The van der Waals surface area contributed by atoms with Crippen molar-refractivity contribution < 1.29 is 19.0 Å². The number of piperidine rings is 1. The molecule has 34 heavy (non-hydrogen) atoms. The number of ether oxygens (including phenoxy) is 3. The van der Waals surface area contributed by atoms with Crippen LogP contribution in [0.3, 0.4) is 0 Å². The van der Waals surface area contributed by atoms with Crippen LogP contribution in [0.1, 0.15) is 37.7 Å². The number of hydrogen-bond acceptors (Lipinski definition) is 8. The maximum atomic E-state index is 12.5. The number of benzene rings is 1. The molecule has 1 unspecified atom stereocenters. The van der Waals surface area contributed by atoms with Crippen molar-refractivity contribution in [2.24, 2.45) is 0 Å². The van der Waals surface area contributed by atoms with Gasteiger partial charge in [-0.05, 0) is 56.2 Å². The zero-order chi connectivity index (χ0) is 23.8. The quantitative estimate of drug-likeness (QED) is 0.482. The Morgan fingerprint density at radius 1 is 1.15 bits per heavy atom. The lowest BCUT2D eigenvalue weighted by molar-refractivity contribution is -0.118. The molecule has 2 fully saturated rings. The van der Waals surface area contributed by atoms with Crippen molar-refractivity contribution in [2.45, 2.75) is 56.3 Å². The molecule has 2 saturated heterocycles. The first-order valence-electron chi connectivity index (χ1n) is 12.1. The Morgan fingerprint density at radius 2 is 1.97 bits per heavy atom. The van der Waals surface area contributed by atoms with Crippen LogP contribution < -0.4 is 19.7 Å². The van der Waals surface area contributed by atoms with E-state index in [1.54, 1.807) is 14.2 Å². The molecule has 186 valence electrons. The van der Waals surface area contributed by atoms with Gasteiger partial charge in [-0.3, -0.25) is 9.36 Å². The van der Waals surface area contributed by atoms with E-state index < -0.39 is 0 Å². The van der Waals surface area contributed by atoms with Gasteiger partial charge in [-0.15, -0.1) is 10.2 Å². The summed E-state index contributed by atoms with van der Waals surface area (Å²) in [5, 5.41) is 12.7. The molecule has 0 aliphatic carbocycles. The molecule has 1 aromatic carbocycles. The fourth-order valence-corrected chi connectivity index (χ4v) is 5.20. The number of rotatable bonds is 11. The molecule has 0 radical (unpaired) electrons. The minimum atomic E-state index is -0.0170. The minimum Gasteiger partial charge on any atom is -0.493 e. The summed E-state index contributed by atoms with van der Waals surface area (Å²) >= 11 is 1.44. The second kappa shape index (κ2) is 12.3. The van der Waals surface area contributed by atoms with E-state index in [9.17, 15) is 4.79 Å². The van der Waals surface area contributed by atoms with Crippen molar-refractivity contribution in [2.75, 3.05) is 51.1 Å². The molecule has 0 saturated carbocycles. The van der Waals surface area contributed by atoms with Gasteiger partial charge in [0.1, 0.15) is 0 Å². The van der Waals surface area contributed by atoms with Gasteiger partial charge in [0, 0.05) is 26.2 Å². The maximum absolute atomic E-state index is 12.5. The third-order valence-electron chi connectivity index (χ3n) is 6.26. The molecule has 1 atom stereocenters. The largest absolute Gasteiger partial charge is 0.493 e. The van der Waals surface area contributed by atoms with Gasteiger partial charge in [0.2, 0.25) is 11.9 Å². The number of nitrogens with zero attached hydrogens (tertiary/aromatic N) is 4. The zero-order valence-electron chi connectivity index (χ0n) is 20.1. The fraction of sp³-hybridized carbons (Fsp3) is 0.625. The second-order valence-electron chi connectivity index (χ2n) is 8.65. The monoisotopic (exact) mass is 489 g/mol. The van der Waals surface area contributed by atoms with Gasteiger partial charge < -0.3 is 24.4 Å². The molecule has 2 aliphatic rings. The average Bonchev–Trinajstić information content (AvgIpc) is 3.53. The number of carbonyl (C=O) groups excluding carboxylic acids is 1. The van der Waals surface area contributed by atoms with Crippen molar-refractivity contribution >= 4 is 23.6 Å². The SMILES string of the molecule is COc1ccc(CCNC(=O)CSc2nnc(N3CCCCC3)n2CC2CCCO2)cc1OC. The number of thioether (sulfide) groups is 1. The molecule has 1 aromatic heterocycles. The Labute approximate surface area is 205 Å². The van der Waals surface area contributed by atoms with E-state index in [2.05, 4.69) is 25.0 Å². The number of amides is 1. The van der Waals surface area contributed by atoms with E-state index in [4.69, 9.17) is 14.2 Å². The Kier molecular flexibility index (Phi) is 8.92. The van der Waals surface area contributed by atoms with Gasteiger partial charge in [0.25, 0.3) is 0 Å². The third-order valence-corrected chi connectivity index (χ3v) is 7.23.